The molecule has 0 spiro atoms. The number of hydrogen-bond donors (Lipinski definition) is 2. The van der Waals surface area contributed by atoms with Crippen molar-refractivity contribution in [3.05, 3.63) is 97.4 Å². The fraction of sp³-hybridized carbons (Fsp3) is 0.333. The van der Waals surface area contributed by atoms with Gasteiger partial charge in [0, 0.05) is 52.4 Å². The average Bonchev–Trinajstić information content (AvgIpc) is 3.70. The number of aliphatic imine (C=N–C) groups is 1. The Morgan fingerprint density at radius 1 is 1.06 bits per heavy atom. The summed E-state index contributed by atoms with van der Waals surface area (Å²) in [5.41, 5.74) is 5.76. The van der Waals surface area contributed by atoms with E-state index >= 15 is 0 Å². The Morgan fingerprint density at radius 3 is 2.60 bits per heavy atom. The molecular formula is C36H34ClN7O5S. The number of benzene rings is 2. The molecule has 0 bridgehead atoms. The number of halogens is 1. The van der Waals surface area contributed by atoms with Crippen molar-refractivity contribution in [2.45, 2.75) is 71.5 Å². The van der Waals surface area contributed by atoms with Crippen LogP contribution in [0.5, 0.6) is 0 Å². The summed E-state index contributed by atoms with van der Waals surface area (Å²) in [4.78, 5) is 71.4. The molecule has 1 unspecified atom stereocenters. The van der Waals surface area contributed by atoms with Gasteiger partial charge in [-0.1, -0.05) is 35.9 Å². The lowest BCUT2D eigenvalue weighted by atomic mass is 9.99. The summed E-state index contributed by atoms with van der Waals surface area (Å²) in [5.74, 6) is -0.341. The van der Waals surface area contributed by atoms with E-state index in [2.05, 4.69) is 34.7 Å². The van der Waals surface area contributed by atoms with Gasteiger partial charge in [-0.3, -0.25) is 38.8 Å². The number of imide groups is 1. The fourth-order valence-corrected chi connectivity index (χ4v) is 8.18. The second-order valence-electron chi connectivity index (χ2n) is 12.8. The Bertz CT molecular complexity index is 2120. The van der Waals surface area contributed by atoms with Gasteiger partial charge in [0.15, 0.2) is 11.6 Å². The first-order valence-electron chi connectivity index (χ1n) is 16.4. The lowest BCUT2D eigenvalue weighted by molar-refractivity contribution is -0.137. The predicted octanol–water partition coefficient (Wildman–Crippen LogP) is 4.27. The number of nitrogens with zero attached hydrogens (tertiary/aromatic N) is 5. The van der Waals surface area contributed by atoms with E-state index < -0.39 is 18.0 Å². The first-order valence-corrected chi connectivity index (χ1v) is 17.6. The van der Waals surface area contributed by atoms with Crippen molar-refractivity contribution >= 4 is 58.1 Å². The van der Waals surface area contributed by atoms with E-state index in [0.29, 0.717) is 28.7 Å². The van der Waals surface area contributed by atoms with Gasteiger partial charge in [-0.15, -0.1) is 21.5 Å². The van der Waals surface area contributed by atoms with Crippen molar-refractivity contribution in [2.75, 3.05) is 6.54 Å². The molecule has 256 valence electrons. The number of fused-ring (bicyclic) bond motifs is 4. The van der Waals surface area contributed by atoms with E-state index in [0.717, 1.165) is 43.4 Å². The number of rotatable bonds is 9. The van der Waals surface area contributed by atoms with E-state index in [1.807, 2.05) is 41.8 Å². The maximum atomic E-state index is 13.4. The number of piperidine rings is 1. The van der Waals surface area contributed by atoms with E-state index in [1.165, 1.54) is 4.90 Å². The van der Waals surface area contributed by atoms with Crippen molar-refractivity contribution in [1.82, 2.24) is 30.3 Å². The van der Waals surface area contributed by atoms with E-state index in [-0.39, 0.29) is 62.3 Å². The number of carbonyl (C=O) groups excluding carboxylic acids is 5. The van der Waals surface area contributed by atoms with Crippen molar-refractivity contribution in [3.8, 4) is 5.00 Å². The number of hydrogen-bond acceptors (Lipinski definition) is 9. The molecule has 2 atom stereocenters. The molecule has 50 heavy (non-hydrogen) atoms. The second kappa shape index (κ2) is 13.4. The Labute approximate surface area is 296 Å². The summed E-state index contributed by atoms with van der Waals surface area (Å²) in [6, 6.07) is 11.4. The molecule has 4 aromatic rings. The predicted molar refractivity (Wildman–Crippen MR) is 187 cm³/mol. The summed E-state index contributed by atoms with van der Waals surface area (Å²) in [7, 11) is 0. The summed E-state index contributed by atoms with van der Waals surface area (Å²) >= 11 is 7.84. The van der Waals surface area contributed by atoms with Gasteiger partial charge in [0.25, 0.3) is 5.91 Å². The average molecular weight is 712 g/mol. The first kappa shape index (κ1) is 33.5. The Balaban J connectivity index is 1.03. The Hall–Kier alpha value is -5.01. The van der Waals surface area contributed by atoms with Crippen molar-refractivity contribution in [3.63, 3.8) is 0 Å². The number of aryl methyl sites for hydroxylation is 3. The van der Waals surface area contributed by atoms with Crippen LogP contribution in [-0.4, -0.2) is 67.4 Å². The van der Waals surface area contributed by atoms with Crippen LogP contribution in [0.2, 0.25) is 5.02 Å². The van der Waals surface area contributed by atoms with Crippen LogP contribution >= 0.6 is 22.9 Å². The molecule has 0 radical (unpaired) electrons. The van der Waals surface area contributed by atoms with E-state index in [9.17, 15) is 24.0 Å². The number of thiophene rings is 1. The normalized spacial score (nSPS) is 18.2. The molecule has 0 saturated carbocycles. The van der Waals surface area contributed by atoms with Gasteiger partial charge in [-0.05, 0) is 68.5 Å². The molecule has 5 heterocycles. The van der Waals surface area contributed by atoms with Crippen LogP contribution < -0.4 is 10.6 Å². The van der Waals surface area contributed by atoms with Crippen LogP contribution in [0.25, 0.3) is 5.00 Å². The van der Waals surface area contributed by atoms with Gasteiger partial charge < -0.3 is 10.2 Å². The molecule has 2 aromatic carbocycles. The number of carbonyl (C=O) groups is 5. The van der Waals surface area contributed by atoms with Gasteiger partial charge in [0.1, 0.15) is 22.9 Å². The van der Waals surface area contributed by atoms with Gasteiger partial charge in [-0.2, -0.15) is 0 Å². The highest BCUT2D eigenvalue weighted by Gasteiger charge is 2.40. The SMILES string of the molecule is Cc1sc2c(c1C)C(c1ccc(Cl)cc1)=N[C@@H](CC(=O)CNC(=O)CCc1cccc3c1CN(C1CCC(=O)NC1=O)C3=O)c1nnc(C)n1-2. The second-order valence-corrected chi connectivity index (χ2v) is 14.4. The van der Waals surface area contributed by atoms with Crippen molar-refractivity contribution in [1.29, 1.82) is 0 Å². The quantitative estimate of drug-likeness (QED) is 0.246. The Morgan fingerprint density at radius 2 is 1.84 bits per heavy atom. The molecule has 1 fully saturated rings. The number of Topliss-reactive ketones (excluding diaryl/α,β-unsaturated/α-hetero) is 1. The minimum Gasteiger partial charge on any atom is -0.349 e. The zero-order chi connectivity index (χ0) is 35.3. The van der Waals surface area contributed by atoms with Gasteiger partial charge in [0.2, 0.25) is 17.7 Å². The maximum Gasteiger partial charge on any atom is 0.255 e. The van der Waals surface area contributed by atoms with Crippen LogP contribution in [-0.2, 0) is 32.1 Å². The molecule has 2 aromatic heterocycles. The molecule has 3 aliphatic heterocycles. The van der Waals surface area contributed by atoms with Crippen molar-refractivity contribution < 1.29 is 24.0 Å². The molecule has 7 rings (SSSR count). The van der Waals surface area contributed by atoms with Crippen LogP contribution in [0.4, 0.5) is 0 Å². The number of amides is 4. The minimum atomic E-state index is -0.715. The third kappa shape index (κ3) is 6.15. The lowest BCUT2D eigenvalue weighted by Crippen LogP contribution is -2.52. The zero-order valence-electron chi connectivity index (χ0n) is 27.7. The highest BCUT2D eigenvalue weighted by atomic mass is 35.5. The highest BCUT2D eigenvalue weighted by molar-refractivity contribution is 7.15. The van der Waals surface area contributed by atoms with E-state index in [1.54, 1.807) is 23.5 Å². The largest absolute Gasteiger partial charge is 0.349 e. The first-order chi connectivity index (χ1) is 24.0. The fourth-order valence-electron chi connectivity index (χ4n) is 6.84. The molecule has 2 N–H and O–H groups in total. The minimum absolute atomic E-state index is 0.00690. The molecule has 1 saturated heterocycles. The van der Waals surface area contributed by atoms with Crippen molar-refractivity contribution in [2.24, 2.45) is 4.99 Å². The van der Waals surface area contributed by atoms with Gasteiger partial charge in [0.05, 0.1) is 12.3 Å². The molecular weight excluding hydrogens is 678 g/mol. The molecule has 3 aliphatic rings. The van der Waals surface area contributed by atoms with Crippen LogP contribution in [0.3, 0.4) is 0 Å². The summed E-state index contributed by atoms with van der Waals surface area (Å²) < 4.78 is 1.98. The van der Waals surface area contributed by atoms with Gasteiger partial charge in [-0.25, -0.2) is 0 Å². The third-order valence-electron chi connectivity index (χ3n) is 9.56. The molecule has 4 amide bonds. The highest BCUT2D eigenvalue weighted by Crippen LogP contribution is 2.39. The molecule has 14 heteroatoms. The van der Waals surface area contributed by atoms with Crippen LogP contribution in [0.15, 0.2) is 47.5 Å². The van der Waals surface area contributed by atoms with Crippen LogP contribution in [0.1, 0.15) is 86.4 Å². The van der Waals surface area contributed by atoms with Gasteiger partial charge >= 0.3 is 0 Å². The summed E-state index contributed by atoms with van der Waals surface area (Å²) in [6.07, 6.45) is 0.906. The monoisotopic (exact) mass is 711 g/mol. The lowest BCUT2D eigenvalue weighted by Gasteiger charge is -2.29. The third-order valence-corrected chi connectivity index (χ3v) is 11.0. The standard InChI is InChI=1S/C36H34ClN7O5S/c1-18-19(2)50-36-31(18)32(22-7-10-23(37)11-8-22)39-27(33-42-41-20(3)44(33)36)15-24(45)16-38-29(46)13-9-21-5-4-6-25-26(21)17-43(35(25)49)28-12-14-30(47)40-34(28)48/h4-8,10-11,27-28H,9,12-17H2,1-3H3,(H,38,46)(H,40,47,48)/t27-,28?/m0/s1. The Kier molecular flexibility index (Phi) is 8.95. The van der Waals surface area contributed by atoms with Crippen LogP contribution in [0, 0.1) is 20.8 Å². The molecule has 0 aliphatic carbocycles. The number of ketones is 1. The summed E-state index contributed by atoms with van der Waals surface area (Å²) in [5, 5.41) is 15.4. The zero-order valence-corrected chi connectivity index (χ0v) is 29.3. The maximum absolute atomic E-state index is 13.4. The van der Waals surface area contributed by atoms with E-state index in [4.69, 9.17) is 16.6 Å². The summed E-state index contributed by atoms with van der Waals surface area (Å²) in [6.45, 7) is 6.06. The smallest absolute Gasteiger partial charge is 0.255 e. The number of aromatic nitrogens is 3. The number of nitrogens with one attached hydrogen (secondary N) is 2. The molecule has 12 nitrogen and oxygen atoms in total. The topological polar surface area (TPSA) is 156 Å².